The zero-order valence-corrected chi connectivity index (χ0v) is 11.3. The average Bonchev–Trinajstić information content (AvgIpc) is 2.46. The zero-order chi connectivity index (χ0) is 13.8. The highest BCUT2D eigenvalue weighted by Crippen LogP contribution is 2.31. The third-order valence-corrected chi connectivity index (χ3v) is 4.61. The number of amides is 1. The minimum Gasteiger partial charge on any atom is -0.481 e. The van der Waals surface area contributed by atoms with Crippen molar-refractivity contribution in [2.75, 3.05) is 19.7 Å². The topological polar surface area (TPSA) is 77.8 Å². The molecule has 1 heterocycles. The van der Waals surface area contributed by atoms with E-state index in [-0.39, 0.29) is 24.3 Å². The summed E-state index contributed by atoms with van der Waals surface area (Å²) in [6.45, 7) is 1.69. The van der Waals surface area contributed by atoms with Crippen molar-refractivity contribution in [2.45, 2.75) is 38.5 Å². The van der Waals surface area contributed by atoms with Crippen LogP contribution in [0.1, 0.15) is 38.5 Å². The molecule has 2 fully saturated rings. The van der Waals surface area contributed by atoms with Crippen molar-refractivity contribution in [3.63, 3.8) is 0 Å². The van der Waals surface area contributed by atoms with Crippen molar-refractivity contribution in [1.82, 2.24) is 4.90 Å². The van der Waals surface area contributed by atoms with E-state index < -0.39 is 5.97 Å². The van der Waals surface area contributed by atoms with Gasteiger partial charge < -0.3 is 15.1 Å². The Morgan fingerprint density at radius 3 is 1.95 bits per heavy atom. The van der Waals surface area contributed by atoms with Crippen LogP contribution in [-0.4, -0.2) is 46.7 Å². The van der Waals surface area contributed by atoms with Gasteiger partial charge in [0.1, 0.15) is 0 Å². The number of carbonyl (C=O) groups excluding carboxylic acids is 1. The number of hydrogen-bond donors (Lipinski definition) is 2. The zero-order valence-electron chi connectivity index (χ0n) is 11.3. The summed E-state index contributed by atoms with van der Waals surface area (Å²) >= 11 is 0. The third kappa shape index (κ3) is 3.47. The van der Waals surface area contributed by atoms with Crippen LogP contribution in [0.15, 0.2) is 0 Å². The maximum Gasteiger partial charge on any atom is 0.306 e. The maximum atomic E-state index is 12.3. The fraction of sp³-hybridized carbons (Fsp3) is 0.857. The van der Waals surface area contributed by atoms with E-state index in [2.05, 4.69) is 0 Å². The van der Waals surface area contributed by atoms with Crippen LogP contribution < -0.4 is 0 Å². The van der Waals surface area contributed by atoms with Gasteiger partial charge in [0, 0.05) is 25.6 Å². The molecule has 108 valence electrons. The molecule has 0 unspecified atom stereocenters. The molecule has 2 aliphatic rings. The van der Waals surface area contributed by atoms with Gasteiger partial charge >= 0.3 is 5.97 Å². The van der Waals surface area contributed by atoms with E-state index in [0.717, 1.165) is 25.9 Å². The van der Waals surface area contributed by atoms with Gasteiger partial charge in [-0.05, 0) is 44.4 Å². The van der Waals surface area contributed by atoms with Gasteiger partial charge in [0.2, 0.25) is 5.91 Å². The first kappa shape index (κ1) is 14.3. The summed E-state index contributed by atoms with van der Waals surface area (Å²) in [6, 6.07) is 0. The molecule has 5 heteroatoms. The summed E-state index contributed by atoms with van der Waals surface area (Å²) in [5, 5.41) is 18.0. The van der Waals surface area contributed by atoms with Gasteiger partial charge in [-0.2, -0.15) is 0 Å². The number of aliphatic hydroxyl groups is 1. The van der Waals surface area contributed by atoms with Crippen molar-refractivity contribution in [1.29, 1.82) is 0 Å². The van der Waals surface area contributed by atoms with Crippen LogP contribution in [0.2, 0.25) is 0 Å². The first-order chi connectivity index (χ1) is 9.11. The first-order valence-electron chi connectivity index (χ1n) is 7.24. The van der Waals surface area contributed by atoms with Gasteiger partial charge in [0.05, 0.1) is 5.92 Å². The van der Waals surface area contributed by atoms with Crippen LogP contribution in [0.3, 0.4) is 0 Å². The Balaban J connectivity index is 1.80. The maximum absolute atomic E-state index is 12.3. The second kappa shape index (κ2) is 6.37. The number of aliphatic hydroxyl groups excluding tert-OH is 1. The van der Waals surface area contributed by atoms with E-state index >= 15 is 0 Å². The fourth-order valence-electron chi connectivity index (χ4n) is 3.18. The van der Waals surface area contributed by atoms with E-state index in [1.807, 2.05) is 4.90 Å². The number of carboxylic acid groups (broad SMARTS) is 1. The predicted octanol–water partition coefficient (Wildman–Crippen LogP) is 1.11. The first-order valence-corrected chi connectivity index (χ1v) is 7.24. The number of likely N-dealkylation sites (tertiary alicyclic amines) is 1. The van der Waals surface area contributed by atoms with Crippen molar-refractivity contribution in [2.24, 2.45) is 17.8 Å². The highest BCUT2D eigenvalue weighted by molar-refractivity contribution is 5.79. The largest absolute Gasteiger partial charge is 0.481 e. The molecular weight excluding hydrogens is 246 g/mol. The second-order valence-corrected chi connectivity index (χ2v) is 5.84. The van der Waals surface area contributed by atoms with E-state index in [4.69, 9.17) is 10.2 Å². The Kier molecular flexibility index (Phi) is 4.80. The SMILES string of the molecule is O=C(O)C1CCC(C(=O)N2CCC(CO)CC2)CC1. The third-order valence-electron chi connectivity index (χ3n) is 4.61. The Bertz CT molecular complexity index is 328. The van der Waals surface area contributed by atoms with E-state index in [9.17, 15) is 9.59 Å². The minimum atomic E-state index is -0.727. The van der Waals surface area contributed by atoms with Gasteiger partial charge in [0.25, 0.3) is 0 Å². The highest BCUT2D eigenvalue weighted by Gasteiger charge is 2.33. The highest BCUT2D eigenvalue weighted by atomic mass is 16.4. The summed E-state index contributed by atoms with van der Waals surface area (Å²) in [5.74, 6) is -0.438. The van der Waals surface area contributed by atoms with Crippen LogP contribution in [0.25, 0.3) is 0 Å². The number of rotatable bonds is 3. The molecule has 2 N–H and O–H groups in total. The Labute approximate surface area is 113 Å². The molecular formula is C14H23NO4. The summed E-state index contributed by atoms with van der Waals surface area (Å²) in [5.41, 5.74) is 0. The second-order valence-electron chi connectivity index (χ2n) is 5.84. The monoisotopic (exact) mass is 269 g/mol. The lowest BCUT2D eigenvalue weighted by molar-refractivity contribution is -0.146. The molecule has 0 radical (unpaired) electrons. The van der Waals surface area contributed by atoms with Gasteiger partial charge in [-0.25, -0.2) is 0 Å². The predicted molar refractivity (Wildman–Crippen MR) is 69.5 cm³/mol. The van der Waals surface area contributed by atoms with Crippen LogP contribution in [-0.2, 0) is 9.59 Å². The van der Waals surface area contributed by atoms with Crippen molar-refractivity contribution in [3.05, 3.63) is 0 Å². The van der Waals surface area contributed by atoms with Crippen LogP contribution in [0, 0.1) is 17.8 Å². The summed E-state index contributed by atoms with van der Waals surface area (Å²) < 4.78 is 0. The van der Waals surface area contributed by atoms with E-state index in [1.165, 1.54) is 0 Å². The van der Waals surface area contributed by atoms with E-state index in [1.54, 1.807) is 0 Å². The van der Waals surface area contributed by atoms with Crippen molar-refractivity contribution < 1.29 is 19.8 Å². The summed E-state index contributed by atoms with van der Waals surface area (Å²) in [4.78, 5) is 25.1. The number of aliphatic carboxylic acids is 1. The number of carbonyl (C=O) groups is 2. The van der Waals surface area contributed by atoms with Crippen LogP contribution in [0.4, 0.5) is 0 Å². The molecule has 0 aromatic heterocycles. The quantitative estimate of drug-likeness (QED) is 0.804. The van der Waals surface area contributed by atoms with Gasteiger partial charge in [-0.3, -0.25) is 9.59 Å². The molecule has 0 bridgehead atoms. The summed E-state index contributed by atoms with van der Waals surface area (Å²) in [7, 11) is 0. The standard InChI is InChI=1S/C14H23NO4/c16-9-10-5-7-15(8-6-10)13(17)11-1-3-12(4-2-11)14(18)19/h10-12,16H,1-9H2,(H,18,19). The summed E-state index contributed by atoms with van der Waals surface area (Å²) in [6.07, 6.45) is 4.42. The van der Waals surface area contributed by atoms with Crippen LogP contribution >= 0.6 is 0 Å². The molecule has 1 saturated heterocycles. The lowest BCUT2D eigenvalue weighted by Crippen LogP contribution is -2.43. The molecule has 0 aromatic carbocycles. The number of hydrogen-bond acceptors (Lipinski definition) is 3. The molecule has 0 aromatic rings. The fourth-order valence-corrected chi connectivity index (χ4v) is 3.18. The molecule has 0 spiro atoms. The smallest absolute Gasteiger partial charge is 0.306 e. The molecule has 1 aliphatic heterocycles. The Morgan fingerprint density at radius 1 is 0.947 bits per heavy atom. The lowest BCUT2D eigenvalue weighted by Gasteiger charge is -2.35. The number of carboxylic acids is 1. The molecule has 1 saturated carbocycles. The number of piperidine rings is 1. The molecule has 2 rings (SSSR count). The van der Waals surface area contributed by atoms with Gasteiger partial charge in [-0.1, -0.05) is 0 Å². The minimum absolute atomic E-state index is 0.0151. The van der Waals surface area contributed by atoms with Crippen molar-refractivity contribution in [3.8, 4) is 0 Å². The lowest BCUT2D eigenvalue weighted by atomic mass is 9.81. The van der Waals surface area contributed by atoms with E-state index in [0.29, 0.717) is 31.6 Å². The Hall–Kier alpha value is -1.10. The number of nitrogens with zero attached hydrogens (tertiary/aromatic N) is 1. The van der Waals surface area contributed by atoms with Crippen molar-refractivity contribution >= 4 is 11.9 Å². The van der Waals surface area contributed by atoms with Gasteiger partial charge in [0.15, 0.2) is 0 Å². The normalized spacial score (nSPS) is 29.2. The molecule has 5 nitrogen and oxygen atoms in total. The Morgan fingerprint density at radius 2 is 1.47 bits per heavy atom. The molecule has 19 heavy (non-hydrogen) atoms. The average molecular weight is 269 g/mol. The molecule has 1 amide bonds. The molecule has 0 atom stereocenters. The molecule has 1 aliphatic carbocycles. The van der Waals surface area contributed by atoms with Gasteiger partial charge in [-0.15, -0.1) is 0 Å². The van der Waals surface area contributed by atoms with Crippen LogP contribution in [0.5, 0.6) is 0 Å².